The Morgan fingerprint density at radius 1 is 1.46 bits per heavy atom. The molecule has 1 heterocycles. The lowest BCUT2D eigenvalue weighted by Crippen LogP contribution is -2.20. The summed E-state index contributed by atoms with van der Waals surface area (Å²) in [6.07, 6.45) is 3.00. The molecule has 2 aromatic rings. The zero-order chi connectivity index (χ0) is 17.1. The third kappa shape index (κ3) is 3.80. The number of amides is 1. The van der Waals surface area contributed by atoms with Crippen LogP contribution in [-0.2, 0) is 17.6 Å². The minimum absolute atomic E-state index is 0.0779. The van der Waals surface area contributed by atoms with E-state index in [0.717, 1.165) is 29.3 Å². The summed E-state index contributed by atoms with van der Waals surface area (Å²) in [5, 5.41) is 12.9. The maximum absolute atomic E-state index is 12.1. The van der Waals surface area contributed by atoms with Gasteiger partial charge in [0.05, 0.1) is 5.56 Å². The fourth-order valence-corrected chi connectivity index (χ4v) is 4.44. The van der Waals surface area contributed by atoms with Gasteiger partial charge in [0.2, 0.25) is 0 Å². The number of benzene rings is 1. The molecule has 0 fully saturated rings. The second-order valence-corrected chi connectivity index (χ2v) is 7.98. The van der Waals surface area contributed by atoms with Gasteiger partial charge in [0.15, 0.2) is 6.61 Å². The molecular formula is C18H17BrN2O2S. The van der Waals surface area contributed by atoms with Crippen LogP contribution in [0.3, 0.4) is 0 Å². The lowest BCUT2D eigenvalue weighted by molar-refractivity contribution is -0.118. The number of halogens is 1. The molecule has 1 aromatic carbocycles. The standard InChI is InChI=1S/C18H17BrN2O2S/c1-11-2-7-14-15(9-20)18(24-16(14)8-11)21-17(22)10-23-13-5-3-12(19)4-6-13/h3-6,11H,2,7-8,10H2,1H3,(H,21,22). The average molecular weight is 405 g/mol. The van der Waals surface area contributed by atoms with Crippen molar-refractivity contribution in [3.8, 4) is 11.8 Å². The van der Waals surface area contributed by atoms with Gasteiger partial charge in [-0.2, -0.15) is 5.26 Å². The number of ether oxygens (including phenoxy) is 1. The monoisotopic (exact) mass is 404 g/mol. The molecule has 6 heteroatoms. The molecule has 0 bridgehead atoms. The van der Waals surface area contributed by atoms with Crippen LogP contribution in [0.5, 0.6) is 5.75 Å². The first kappa shape index (κ1) is 17.0. The average Bonchev–Trinajstić information content (AvgIpc) is 2.90. The van der Waals surface area contributed by atoms with Crippen LogP contribution in [0.25, 0.3) is 0 Å². The van der Waals surface area contributed by atoms with E-state index in [1.54, 1.807) is 12.1 Å². The van der Waals surface area contributed by atoms with E-state index in [9.17, 15) is 10.1 Å². The molecule has 1 atom stereocenters. The second kappa shape index (κ2) is 7.37. The largest absolute Gasteiger partial charge is 0.484 e. The van der Waals surface area contributed by atoms with E-state index in [-0.39, 0.29) is 12.5 Å². The van der Waals surface area contributed by atoms with Crippen LogP contribution < -0.4 is 10.1 Å². The number of rotatable bonds is 4. The number of anilines is 1. The Labute approximate surface area is 153 Å². The molecule has 124 valence electrons. The van der Waals surface area contributed by atoms with Gasteiger partial charge in [0.25, 0.3) is 5.91 Å². The van der Waals surface area contributed by atoms with Gasteiger partial charge in [-0.25, -0.2) is 0 Å². The third-order valence-corrected chi connectivity index (χ3v) is 5.76. The Morgan fingerprint density at radius 3 is 2.92 bits per heavy atom. The van der Waals surface area contributed by atoms with E-state index in [1.807, 2.05) is 12.1 Å². The zero-order valence-electron chi connectivity index (χ0n) is 13.3. The van der Waals surface area contributed by atoms with Crippen molar-refractivity contribution in [2.45, 2.75) is 26.2 Å². The van der Waals surface area contributed by atoms with E-state index < -0.39 is 0 Å². The Hall–Kier alpha value is -1.84. The normalized spacial score (nSPS) is 16.1. The Morgan fingerprint density at radius 2 is 2.21 bits per heavy atom. The van der Waals surface area contributed by atoms with Crippen molar-refractivity contribution in [3.63, 3.8) is 0 Å². The lowest BCUT2D eigenvalue weighted by Gasteiger charge is -2.17. The van der Waals surface area contributed by atoms with Gasteiger partial charge in [0, 0.05) is 9.35 Å². The van der Waals surface area contributed by atoms with Crippen LogP contribution >= 0.6 is 27.3 Å². The van der Waals surface area contributed by atoms with E-state index in [4.69, 9.17) is 4.74 Å². The van der Waals surface area contributed by atoms with Crippen LogP contribution in [0, 0.1) is 17.2 Å². The summed E-state index contributed by atoms with van der Waals surface area (Å²) in [5.41, 5.74) is 1.74. The maximum Gasteiger partial charge on any atom is 0.262 e. The summed E-state index contributed by atoms with van der Waals surface area (Å²) in [5.74, 6) is 1.02. The minimum atomic E-state index is -0.249. The molecule has 1 aliphatic rings. The van der Waals surface area contributed by atoms with Crippen molar-refractivity contribution in [1.29, 1.82) is 5.26 Å². The summed E-state index contributed by atoms with van der Waals surface area (Å²) in [7, 11) is 0. The fraction of sp³-hybridized carbons (Fsp3) is 0.333. The van der Waals surface area contributed by atoms with E-state index in [1.165, 1.54) is 16.2 Å². The van der Waals surface area contributed by atoms with Crippen molar-refractivity contribution < 1.29 is 9.53 Å². The molecule has 0 saturated heterocycles. The van der Waals surface area contributed by atoms with Crippen molar-refractivity contribution in [1.82, 2.24) is 0 Å². The number of nitriles is 1. The van der Waals surface area contributed by atoms with Gasteiger partial charge in [-0.3, -0.25) is 4.79 Å². The highest BCUT2D eigenvalue weighted by Gasteiger charge is 2.24. The molecule has 1 aromatic heterocycles. The van der Waals surface area contributed by atoms with Crippen molar-refractivity contribution in [2.24, 2.45) is 5.92 Å². The van der Waals surface area contributed by atoms with Crippen LogP contribution in [0.2, 0.25) is 0 Å². The first-order valence-corrected chi connectivity index (χ1v) is 9.40. The van der Waals surface area contributed by atoms with Crippen molar-refractivity contribution in [3.05, 3.63) is 44.7 Å². The molecule has 24 heavy (non-hydrogen) atoms. The molecule has 0 spiro atoms. The van der Waals surface area contributed by atoms with Gasteiger partial charge < -0.3 is 10.1 Å². The third-order valence-electron chi connectivity index (χ3n) is 4.06. The molecular weight excluding hydrogens is 388 g/mol. The molecule has 0 radical (unpaired) electrons. The van der Waals surface area contributed by atoms with Crippen LogP contribution in [-0.4, -0.2) is 12.5 Å². The van der Waals surface area contributed by atoms with E-state index in [2.05, 4.69) is 34.2 Å². The second-order valence-electron chi connectivity index (χ2n) is 5.96. The molecule has 1 unspecified atom stereocenters. The number of nitrogens with zero attached hydrogens (tertiary/aromatic N) is 1. The zero-order valence-corrected chi connectivity index (χ0v) is 15.7. The molecule has 4 nitrogen and oxygen atoms in total. The summed E-state index contributed by atoms with van der Waals surface area (Å²) in [6.45, 7) is 2.14. The predicted molar refractivity (Wildman–Crippen MR) is 98.5 cm³/mol. The summed E-state index contributed by atoms with van der Waals surface area (Å²) < 4.78 is 6.43. The van der Waals surface area contributed by atoms with E-state index in [0.29, 0.717) is 22.2 Å². The number of hydrogen-bond donors (Lipinski definition) is 1. The number of thiophene rings is 1. The molecule has 1 amide bonds. The maximum atomic E-state index is 12.1. The molecule has 0 saturated carbocycles. The summed E-state index contributed by atoms with van der Waals surface area (Å²) in [6, 6.07) is 9.56. The first-order valence-electron chi connectivity index (χ1n) is 7.79. The van der Waals surface area contributed by atoms with Gasteiger partial charge in [-0.15, -0.1) is 11.3 Å². The predicted octanol–water partition coefficient (Wildman–Crippen LogP) is 4.52. The highest BCUT2D eigenvalue weighted by molar-refractivity contribution is 9.10. The smallest absolute Gasteiger partial charge is 0.262 e. The van der Waals surface area contributed by atoms with Crippen molar-refractivity contribution in [2.75, 3.05) is 11.9 Å². The first-order chi connectivity index (χ1) is 11.6. The van der Waals surface area contributed by atoms with Crippen molar-refractivity contribution >= 4 is 38.2 Å². The Balaban J connectivity index is 1.66. The summed E-state index contributed by atoms with van der Waals surface area (Å²) >= 11 is 4.88. The fourth-order valence-electron chi connectivity index (χ4n) is 2.80. The van der Waals surface area contributed by atoms with Gasteiger partial charge in [-0.1, -0.05) is 22.9 Å². The molecule has 1 N–H and O–H groups in total. The number of hydrogen-bond acceptors (Lipinski definition) is 4. The highest BCUT2D eigenvalue weighted by Crippen LogP contribution is 2.39. The van der Waals surface area contributed by atoms with E-state index >= 15 is 0 Å². The number of fused-ring (bicyclic) bond motifs is 1. The SMILES string of the molecule is CC1CCc2c(sc(NC(=O)COc3ccc(Br)cc3)c2C#N)C1. The van der Waals surface area contributed by atoms with Crippen LogP contribution in [0.1, 0.15) is 29.3 Å². The number of carbonyl (C=O) groups is 1. The van der Waals surface area contributed by atoms with Crippen LogP contribution in [0.15, 0.2) is 28.7 Å². The highest BCUT2D eigenvalue weighted by atomic mass is 79.9. The van der Waals surface area contributed by atoms with Gasteiger partial charge >= 0.3 is 0 Å². The van der Waals surface area contributed by atoms with Gasteiger partial charge in [-0.05, 0) is 55.0 Å². The Bertz CT molecular complexity index is 793. The number of nitrogens with one attached hydrogen (secondary N) is 1. The van der Waals surface area contributed by atoms with Gasteiger partial charge in [0.1, 0.15) is 16.8 Å². The molecule has 0 aliphatic heterocycles. The minimum Gasteiger partial charge on any atom is -0.484 e. The summed E-state index contributed by atoms with van der Waals surface area (Å²) in [4.78, 5) is 13.4. The Kier molecular flexibility index (Phi) is 5.22. The lowest BCUT2D eigenvalue weighted by atomic mass is 9.89. The molecule has 1 aliphatic carbocycles. The van der Waals surface area contributed by atoms with Crippen LogP contribution in [0.4, 0.5) is 5.00 Å². The number of carbonyl (C=O) groups excluding carboxylic acids is 1. The topological polar surface area (TPSA) is 62.1 Å². The molecule has 3 rings (SSSR count). The quantitative estimate of drug-likeness (QED) is 0.814.